The molecule has 3 N–H and O–H groups in total. The van der Waals surface area contributed by atoms with E-state index in [4.69, 9.17) is 28.9 Å². The number of rotatable bonds is 4. The largest absolute Gasteiger partial charge is 0.397 e. The molecular weight excluding hydrogens is 279 g/mol. The minimum atomic E-state index is -0.198. The predicted octanol–water partition coefficient (Wildman–Crippen LogP) is 3.06. The van der Waals surface area contributed by atoms with Crippen molar-refractivity contribution < 1.29 is 4.79 Å². The molecule has 0 radical (unpaired) electrons. The first kappa shape index (κ1) is 14.5. The second-order valence-corrected chi connectivity index (χ2v) is 5.68. The van der Waals surface area contributed by atoms with E-state index < -0.39 is 0 Å². The standard InChI is InChI=1S/C11H14Cl2N2OS/c1-6(17-2)5-15-11(16)7-3-8(12)10(13)9(14)4-7/h3-4,6H,5,14H2,1-2H3,(H,15,16). The average molecular weight is 293 g/mol. The Bertz CT molecular complexity index is 403. The number of hydrogen-bond donors (Lipinski definition) is 2. The lowest BCUT2D eigenvalue weighted by Crippen LogP contribution is -2.29. The minimum absolute atomic E-state index is 0.198. The van der Waals surface area contributed by atoms with Crippen LogP contribution in [0.3, 0.4) is 0 Å². The summed E-state index contributed by atoms with van der Waals surface area (Å²) < 4.78 is 0. The number of thioether (sulfide) groups is 1. The number of nitrogen functional groups attached to an aromatic ring is 1. The minimum Gasteiger partial charge on any atom is -0.397 e. The Morgan fingerprint density at radius 2 is 2.18 bits per heavy atom. The number of nitrogens with two attached hydrogens (primary N) is 1. The number of halogens is 2. The van der Waals surface area contributed by atoms with Gasteiger partial charge in [0.15, 0.2) is 0 Å². The summed E-state index contributed by atoms with van der Waals surface area (Å²) in [5.41, 5.74) is 6.37. The molecule has 0 aliphatic carbocycles. The van der Waals surface area contributed by atoms with Gasteiger partial charge in [-0.05, 0) is 18.4 Å². The quantitative estimate of drug-likeness (QED) is 0.839. The van der Waals surface area contributed by atoms with Gasteiger partial charge < -0.3 is 11.1 Å². The topological polar surface area (TPSA) is 55.1 Å². The number of anilines is 1. The van der Waals surface area contributed by atoms with E-state index >= 15 is 0 Å². The third-order valence-corrected chi connectivity index (χ3v) is 4.06. The zero-order chi connectivity index (χ0) is 13.0. The van der Waals surface area contributed by atoms with Crippen molar-refractivity contribution in [1.29, 1.82) is 0 Å². The van der Waals surface area contributed by atoms with Crippen molar-refractivity contribution in [2.45, 2.75) is 12.2 Å². The number of carbonyl (C=O) groups is 1. The Morgan fingerprint density at radius 1 is 1.53 bits per heavy atom. The molecule has 94 valence electrons. The molecule has 1 aromatic carbocycles. The van der Waals surface area contributed by atoms with E-state index in [2.05, 4.69) is 5.32 Å². The summed E-state index contributed by atoms with van der Waals surface area (Å²) in [4.78, 5) is 11.8. The van der Waals surface area contributed by atoms with Crippen molar-refractivity contribution in [3.63, 3.8) is 0 Å². The van der Waals surface area contributed by atoms with Crippen molar-refractivity contribution >= 4 is 46.6 Å². The van der Waals surface area contributed by atoms with Crippen LogP contribution in [-0.4, -0.2) is 24.0 Å². The second kappa shape index (κ2) is 6.38. The van der Waals surface area contributed by atoms with Crippen LogP contribution in [0.25, 0.3) is 0 Å². The molecule has 3 nitrogen and oxygen atoms in total. The van der Waals surface area contributed by atoms with Gasteiger partial charge >= 0.3 is 0 Å². The van der Waals surface area contributed by atoms with Gasteiger partial charge in [0, 0.05) is 17.4 Å². The van der Waals surface area contributed by atoms with E-state index in [-0.39, 0.29) is 16.0 Å². The third-order valence-electron chi connectivity index (χ3n) is 2.27. The molecule has 0 bridgehead atoms. The molecule has 0 fully saturated rings. The highest BCUT2D eigenvalue weighted by Gasteiger charge is 2.11. The molecule has 6 heteroatoms. The molecule has 0 heterocycles. The van der Waals surface area contributed by atoms with E-state index in [0.29, 0.717) is 23.0 Å². The molecule has 0 saturated heterocycles. The molecule has 0 aromatic heterocycles. The maximum atomic E-state index is 11.8. The molecule has 0 saturated carbocycles. The lowest BCUT2D eigenvalue weighted by atomic mass is 10.2. The van der Waals surface area contributed by atoms with Crippen LogP contribution >= 0.6 is 35.0 Å². The van der Waals surface area contributed by atoms with Crippen LogP contribution in [-0.2, 0) is 0 Å². The monoisotopic (exact) mass is 292 g/mol. The van der Waals surface area contributed by atoms with Gasteiger partial charge in [-0.25, -0.2) is 0 Å². The Labute approximate surface area is 115 Å². The van der Waals surface area contributed by atoms with E-state index in [1.165, 1.54) is 12.1 Å². The molecular formula is C11H14Cl2N2OS. The third kappa shape index (κ3) is 3.98. The Kier molecular flexibility index (Phi) is 5.43. The summed E-state index contributed by atoms with van der Waals surface area (Å²) in [5, 5.41) is 3.73. The fourth-order valence-electron chi connectivity index (χ4n) is 1.16. The molecule has 1 amide bonds. The lowest BCUT2D eigenvalue weighted by Gasteiger charge is -2.11. The Balaban J connectivity index is 2.76. The van der Waals surface area contributed by atoms with Crippen LogP contribution in [0.5, 0.6) is 0 Å². The first-order chi connectivity index (χ1) is 7.95. The summed E-state index contributed by atoms with van der Waals surface area (Å²) in [6, 6.07) is 3.03. The van der Waals surface area contributed by atoms with Gasteiger partial charge in [-0.2, -0.15) is 11.8 Å². The highest BCUT2D eigenvalue weighted by Crippen LogP contribution is 2.29. The number of nitrogens with one attached hydrogen (secondary N) is 1. The molecule has 1 atom stereocenters. The van der Waals surface area contributed by atoms with Crippen LogP contribution in [0.4, 0.5) is 5.69 Å². The van der Waals surface area contributed by atoms with Gasteiger partial charge in [0.1, 0.15) is 0 Å². The second-order valence-electron chi connectivity index (χ2n) is 3.62. The Hall–Kier alpha value is -0.580. The van der Waals surface area contributed by atoms with E-state index in [1.54, 1.807) is 11.8 Å². The van der Waals surface area contributed by atoms with Crippen molar-refractivity contribution in [3.8, 4) is 0 Å². The summed E-state index contributed by atoms with van der Waals surface area (Å²) in [6.45, 7) is 2.63. The number of benzene rings is 1. The molecule has 0 spiro atoms. The summed E-state index contributed by atoms with van der Waals surface area (Å²) >= 11 is 13.4. The van der Waals surface area contributed by atoms with Crippen LogP contribution in [0, 0.1) is 0 Å². The SMILES string of the molecule is CSC(C)CNC(=O)c1cc(N)c(Cl)c(Cl)c1. The van der Waals surface area contributed by atoms with Crippen molar-refractivity contribution in [2.75, 3.05) is 18.5 Å². The van der Waals surface area contributed by atoms with E-state index in [0.717, 1.165) is 0 Å². The average Bonchev–Trinajstić information content (AvgIpc) is 2.31. The fraction of sp³-hybridized carbons (Fsp3) is 0.364. The summed E-state index contributed by atoms with van der Waals surface area (Å²) in [6.07, 6.45) is 1.99. The summed E-state index contributed by atoms with van der Waals surface area (Å²) in [7, 11) is 0. The van der Waals surface area contributed by atoms with Gasteiger partial charge in [-0.1, -0.05) is 30.1 Å². The molecule has 1 aromatic rings. The molecule has 17 heavy (non-hydrogen) atoms. The number of amides is 1. The molecule has 0 aliphatic heterocycles. The summed E-state index contributed by atoms with van der Waals surface area (Å²) in [5.74, 6) is -0.198. The predicted molar refractivity (Wildman–Crippen MR) is 76.2 cm³/mol. The van der Waals surface area contributed by atoms with Gasteiger partial charge in [-0.3, -0.25) is 4.79 Å². The lowest BCUT2D eigenvalue weighted by molar-refractivity contribution is 0.0954. The molecule has 1 rings (SSSR count). The number of hydrogen-bond acceptors (Lipinski definition) is 3. The van der Waals surface area contributed by atoms with Gasteiger partial charge in [0.25, 0.3) is 5.91 Å². The van der Waals surface area contributed by atoms with Crippen molar-refractivity contribution in [3.05, 3.63) is 27.7 Å². The highest BCUT2D eigenvalue weighted by atomic mass is 35.5. The zero-order valence-electron chi connectivity index (χ0n) is 9.59. The van der Waals surface area contributed by atoms with Gasteiger partial charge in [0.2, 0.25) is 0 Å². The van der Waals surface area contributed by atoms with Crippen LogP contribution in [0.15, 0.2) is 12.1 Å². The smallest absolute Gasteiger partial charge is 0.251 e. The van der Waals surface area contributed by atoms with Crippen LogP contribution in [0.2, 0.25) is 10.0 Å². The van der Waals surface area contributed by atoms with E-state index in [9.17, 15) is 4.79 Å². The highest BCUT2D eigenvalue weighted by molar-refractivity contribution is 7.99. The van der Waals surface area contributed by atoms with Crippen molar-refractivity contribution in [1.82, 2.24) is 5.32 Å². The molecule has 1 unspecified atom stereocenters. The van der Waals surface area contributed by atoms with Crippen molar-refractivity contribution in [2.24, 2.45) is 0 Å². The molecule has 0 aliphatic rings. The zero-order valence-corrected chi connectivity index (χ0v) is 11.9. The maximum absolute atomic E-state index is 11.8. The maximum Gasteiger partial charge on any atom is 0.251 e. The van der Waals surface area contributed by atoms with Gasteiger partial charge in [-0.15, -0.1) is 0 Å². The number of carbonyl (C=O) groups excluding carboxylic acids is 1. The Morgan fingerprint density at radius 3 is 2.71 bits per heavy atom. The van der Waals surface area contributed by atoms with Crippen LogP contribution in [0.1, 0.15) is 17.3 Å². The normalized spacial score (nSPS) is 12.2. The van der Waals surface area contributed by atoms with E-state index in [1.807, 2.05) is 13.2 Å². The first-order valence-electron chi connectivity index (χ1n) is 5.01. The fourth-order valence-corrected chi connectivity index (χ4v) is 1.75. The van der Waals surface area contributed by atoms with Crippen LogP contribution < -0.4 is 11.1 Å². The first-order valence-corrected chi connectivity index (χ1v) is 7.05. The van der Waals surface area contributed by atoms with Gasteiger partial charge in [0.05, 0.1) is 15.7 Å².